The molecule has 2 unspecified atom stereocenters. The van der Waals surface area contributed by atoms with Crippen molar-refractivity contribution in [1.29, 1.82) is 0 Å². The van der Waals surface area contributed by atoms with Crippen LogP contribution in [0.2, 0.25) is 0 Å². The van der Waals surface area contributed by atoms with E-state index >= 15 is 0 Å². The van der Waals surface area contributed by atoms with Gasteiger partial charge in [0.25, 0.3) is 5.91 Å². The van der Waals surface area contributed by atoms with Crippen molar-refractivity contribution in [1.82, 2.24) is 10.2 Å². The number of Topliss-reactive ketones (excluding diaryl/α,β-unsaturated/α-hetero) is 1. The van der Waals surface area contributed by atoms with Crippen molar-refractivity contribution in [3.63, 3.8) is 0 Å². The van der Waals surface area contributed by atoms with Crippen molar-refractivity contribution in [2.45, 2.75) is 50.6 Å². The van der Waals surface area contributed by atoms with Gasteiger partial charge in [0.2, 0.25) is 11.8 Å². The third-order valence-electron chi connectivity index (χ3n) is 8.11. The quantitative estimate of drug-likeness (QED) is 0.343. The number of carbonyl (C=O) groups excluding carboxylic acids is 4. The average Bonchev–Trinajstić information content (AvgIpc) is 3.30. The molecule has 8 nitrogen and oxygen atoms in total. The smallest absolute Gasteiger partial charge is 0.255 e. The van der Waals surface area contributed by atoms with Gasteiger partial charge in [-0.2, -0.15) is 0 Å². The maximum Gasteiger partial charge on any atom is 0.255 e. The molecule has 0 bridgehead atoms. The molecule has 2 heterocycles. The maximum atomic E-state index is 13.2. The molecule has 206 valence electrons. The molecule has 2 atom stereocenters. The van der Waals surface area contributed by atoms with Gasteiger partial charge in [0.05, 0.1) is 11.3 Å². The second-order valence-electron chi connectivity index (χ2n) is 10.7. The van der Waals surface area contributed by atoms with Gasteiger partial charge in [-0.15, -0.1) is 0 Å². The molecule has 0 radical (unpaired) electrons. The highest BCUT2D eigenvalue weighted by atomic mass is 16.3. The second-order valence-corrected chi connectivity index (χ2v) is 10.7. The number of carbonyl (C=O) groups is 4. The number of amides is 3. The summed E-state index contributed by atoms with van der Waals surface area (Å²) in [5.41, 5.74) is 5.12. The monoisotopic (exact) mass is 547 g/mol. The number of imide groups is 1. The summed E-state index contributed by atoms with van der Waals surface area (Å²) < 4.78 is 0. The predicted octanol–water partition coefficient (Wildman–Crippen LogP) is 4.70. The van der Waals surface area contributed by atoms with Crippen LogP contribution in [0.25, 0.3) is 0 Å². The topological polar surface area (TPSA) is 116 Å². The van der Waals surface area contributed by atoms with Crippen molar-refractivity contribution in [3.05, 3.63) is 112 Å². The number of piperidine rings is 1. The lowest BCUT2D eigenvalue weighted by Gasteiger charge is -2.29. The number of ketones is 1. The van der Waals surface area contributed by atoms with Gasteiger partial charge in [-0.3, -0.25) is 29.5 Å². The van der Waals surface area contributed by atoms with E-state index in [1.54, 1.807) is 18.2 Å². The molecule has 3 aromatic rings. The van der Waals surface area contributed by atoms with E-state index in [2.05, 4.69) is 28.5 Å². The third-order valence-corrected chi connectivity index (χ3v) is 8.11. The summed E-state index contributed by atoms with van der Waals surface area (Å²) in [6.07, 6.45) is 3.16. The molecule has 0 saturated carbocycles. The predicted molar refractivity (Wildman–Crippen MR) is 153 cm³/mol. The lowest BCUT2D eigenvalue weighted by atomic mass is 9.80. The summed E-state index contributed by atoms with van der Waals surface area (Å²) in [5, 5.41) is 13.3. The zero-order valence-corrected chi connectivity index (χ0v) is 22.4. The Labute approximate surface area is 237 Å². The first-order valence-electron chi connectivity index (χ1n) is 13.8. The fourth-order valence-electron chi connectivity index (χ4n) is 6.01. The minimum atomic E-state index is -0.724. The van der Waals surface area contributed by atoms with Gasteiger partial charge in [0.1, 0.15) is 11.8 Å². The SMILES string of the molecule is O=C1CCC(N2Cc3c(N=CC4=C(O)CC(c5ccccc5Cc5ccccc5)CC4=O)cccc3C2=O)C(=O)N1. The van der Waals surface area contributed by atoms with E-state index in [9.17, 15) is 24.3 Å². The highest BCUT2D eigenvalue weighted by Gasteiger charge is 2.40. The van der Waals surface area contributed by atoms with Crippen LogP contribution in [0.3, 0.4) is 0 Å². The molecule has 6 rings (SSSR count). The number of nitrogens with zero attached hydrogens (tertiary/aromatic N) is 2. The van der Waals surface area contributed by atoms with Crippen LogP contribution >= 0.6 is 0 Å². The van der Waals surface area contributed by atoms with Crippen molar-refractivity contribution < 1.29 is 24.3 Å². The molecule has 2 aliphatic heterocycles. The second kappa shape index (κ2) is 11.0. The van der Waals surface area contributed by atoms with Crippen molar-refractivity contribution in [2.75, 3.05) is 0 Å². The highest BCUT2D eigenvalue weighted by molar-refractivity contribution is 6.15. The molecular weight excluding hydrogens is 518 g/mol. The summed E-state index contributed by atoms with van der Waals surface area (Å²) in [5.74, 6) is -1.44. The molecule has 8 heteroatoms. The summed E-state index contributed by atoms with van der Waals surface area (Å²) in [7, 11) is 0. The van der Waals surface area contributed by atoms with Crippen LogP contribution in [0.5, 0.6) is 0 Å². The van der Waals surface area contributed by atoms with Crippen LogP contribution in [-0.2, 0) is 27.3 Å². The van der Waals surface area contributed by atoms with Crippen LogP contribution in [-0.4, -0.2) is 45.8 Å². The Kier molecular flexibility index (Phi) is 7.05. The number of benzene rings is 3. The Morgan fingerprint density at radius 2 is 1.71 bits per heavy atom. The third kappa shape index (κ3) is 5.20. The number of aliphatic hydroxyl groups excluding tert-OH is 1. The number of allylic oxidation sites excluding steroid dienone is 2. The zero-order valence-electron chi connectivity index (χ0n) is 22.4. The molecule has 3 aromatic carbocycles. The fraction of sp³-hybridized carbons (Fsp3) is 0.242. The van der Waals surface area contributed by atoms with Gasteiger partial charge in [0, 0.05) is 43.1 Å². The van der Waals surface area contributed by atoms with E-state index in [4.69, 9.17) is 0 Å². The maximum absolute atomic E-state index is 13.2. The van der Waals surface area contributed by atoms with Crippen LogP contribution < -0.4 is 5.32 Å². The summed E-state index contributed by atoms with van der Waals surface area (Å²) in [6.45, 7) is 0.174. The van der Waals surface area contributed by atoms with Gasteiger partial charge in [-0.1, -0.05) is 60.7 Å². The zero-order chi connectivity index (χ0) is 28.5. The number of hydrogen-bond acceptors (Lipinski definition) is 6. The van der Waals surface area contributed by atoms with Gasteiger partial charge in [-0.25, -0.2) is 0 Å². The van der Waals surface area contributed by atoms with E-state index in [0.29, 0.717) is 23.2 Å². The van der Waals surface area contributed by atoms with Gasteiger partial charge >= 0.3 is 0 Å². The summed E-state index contributed by atoms with van der Waals surface area (Å²) in [6, 6.07) is 22.6. The van der Waals surface area contributed by atoms with Crippen LogP contribution in [0.1, 0.15) is 64.2 Å². The summed E-state index contributed by atoms with van der Waals surface area (Å²) >= 11 is 0. The molecule has 1 aliphatic carbocycles. The van der Waals surface area contributed by atoms with Gasteiger partial charge in [0.15, 0.2) is 5.78 Å². The van der Waals surface area contributed by atoms with E-state index in [-0.39, 0.29) is 60.7 Å². The lowest BCUT2D eigenvalue weighted by Crippen LogP contribution is -2.52. The first kappa shape index (κ1) is 26.4. The minimum absolute atomic E-state index is 0.00154. The van der Waals surface area contributed by atoms with Crippen molar-refractivity contribution in [3.8, 4) is 0 Å². The standard InChI is InChI=1S/C33H29N3O5/c37-29-16-22(23-10-5-4-9-21(23)15-20-7-2-1-3-8-20)17-30(38)25(29)18-34-27-12-6-11-24-26(27)19-36(33(24)41)28-13-14-31(39)35-32(28)40/h1-12,18,22,28,37H,13-17,19H2,(H,35,39,40). The molecule has 0 spiro atoms. The van der Waals surface area contributed by atoms with Crippen molar-refractivity contribution >= 4 is 35.4 Å². The van der Waals surface area contributed by atoms with Gasteiger partial charge < -0.3 is 10.0 Å². The molecule has 2 N–H and O–H groups in total. The van der Waals surface area contributed by atoms with Crippen LogP contribution in [0.4, 0.5) is 5.69 Å². The molecule has 41 heavy (non-hydrogen) atoms. The number of aliphatic imine (C=N–C) groups is 1. The summed E-state index contributed by atoms with van der Waals surface area (Å²) in [4.78, 5) is 56.3. The largest absolute Gasteiger partial charge is 0.511 e. The molecule has 1 fully saturated rings. The fourth-order valence-corrected chi connectivity index (χ4v) is 6.01. The molecule has 1 saturated heterocycles. The normalized spacial score (nSPS) is 21.0. The molecule has 3 aliphatic rings. The van der Waals surface area contributed by atoms with Crippen LogP contribution in [0, 0.1) is 0 Å². The molecule has 3 amide bonds. The average molecular weight is 548 g/mol. The van der Waals surface area contributed by atoms with E-state index in [0.717, 1.165) is 17.5 Å². The molecule has 0 aromatic heterocycles. The number of rotatable bonds is 6. The Morgan fingerprint density at radius 3 is 2.49 bits per heavy atom. The van der Waals surface area contributed by atoms with E-state index in [1.165, 1.54) is 16.7 Å². The lowest BCUT2D eigenvalue weighted by molar-refractivity contribution is -0.137. The number of aliphatic hydroxyl groups is 1. The Bertz CT molecular complexity index is 1620. The van der Waals surface area contributed by atoms with Gasteiger partial charge in [-0.05, 0) is 47.6 Å². The molecular formula is C33H29N3O5. The number of hydrogen-bond donors (Lipinski definition) is 2. The first-order valence-corrected chi connectivity index (χ1v) is 13.8. The Hall–Kier alpha value is -4.85. The minimum Gasteiger partial charge on any atom is -0.511 e. The number of nitrogens with one attached hydrogen (secondary N) is 1. The first-order chi connectivity index (χ1) is 19.9. The Balaban J connectivity index is 1.22. The van der Waals surface area contributed by atoms with E-state index in [1.807, 2.05) is 36.4 Å². The Morgan fingerprint density at radius 1 is 0.927 bits per heavy atom. The van der Waals surface area contributed by atoms with Crippen LogP contribution in [0.15, 0.2) is 89.1 Å². The van der Waals surface area contributed by atoms with Crippen molar-refractivity contribution in [2.24, 2.45) is 4.99 Å². The number of fused-ring (bicyclic) bond motifs is 1. The van der Waals surface area contributed by atoms with E-state index < -0.39 is 11.9 Å². The highest BCUT2D eigenvalue weighted by Crippen LogP contribution is 2.37.